The SMILES string of the molecule is CC(C)CCC[C@@H](C)[C@H]1CC[C@H]2[C@H]3CC[C@@H]4C[C@H](O)CC(Cl)(C(=O)O)[C@]4(C)[C@H]3CC[C@]12C. The molecular formula is C28H47ClO3. The lowest BCUT2D eigenvalue weighted by atomic mass is 9.42. The highest BCUT2D eigenvalue weighted by atomic mass is 35.5. The molecule has 0 aromatic rings. The van der Waals surface area contributed by atoms with Crippen LogP contribution in [0.2, 0.25) is 0 Å². The van der Waals surface area contributed by atoms with Crippen LogP contribution in [0.1, 0.15) is 105 Å². The summed E-state index contributed by atoms with van der Waals surface area (Å²) in [5, 5.41) is 20.7. The van der Waals surface area contributed by atoms with Gasteiger partial charge in [-0.05, 0) is 91.8 Å². The fraction of sp³-hybridized carbons (Fsp3) is 0.964. The molecule has 4 heteroatoms. The second-order valence-electron chi connectivity index (χ2n) is 13.2. The number of carboxylic acids is 1. The fourth-order valence-corrected chi connectivity index (χ4v) is 10.2. The van der Waals surface area contributed by atoms with Crippen molar-refractivity contribution in [2.75, 3.05) is 0 Å². The van der Waals surface area contributed by atoms with Gasteiger partial charge in [0.25, 0.3) is 0 Å². The Balaban J connectivity index is 1.57. The summed E-state index contributed by atoms with van der Waals surface area (Å²) >= 11 is 7.02. The van der Waals surface area contributed by atoms with Crippen LogP contribution < -0.4 is 0 Å². The number of hydrogen-bond donors (Lipinski definition) is 2. The number of carbonyl (C=O) groups is 1. The minimum atomic E-state index is -1.34. The van der Waals surface area contributed by atoms with Crippen molar-refractivity contribution in [1.82, 2.24) is 0 Å². The van der Waals surface area contributed by atoms with Crippen LogP contribution in [0.15, 0.2) is 0 Å². The Bertz CT molecular complexity index is 709. The van der Waals surface area contributed by atoms with Crippen molar-refractivity contribution in [3.63, 3.8) is 0 Å². The lowest BCUT2D eigenvalue weighted by molar-refractivity contribution is -0.174. The maximum atomic E-state index is 12.5. The maximum Gasteiger partial charge on any atom is 0.325 e. The molecule has 0 saturated heterocycles. The average molecular weight is 467 g/mol. The number of halogens is 1. The molecule has 0 radical (unpaired) electrons. The number of hydrogen-bond acceptors (Lipinski definition) is 2. The maximum absolute atomic E-state index is 12.5. The Morgan fingerprint density at radius 1 is 1.03 bits per heavy atom. The predicted molar refractivity (Wildman–Crippen MR) is 131 cm³/mol. The fourth-order valence-electron chi connectivity index (χ4n) is 9.71. The van der Waals surface area contributed by atoms with E-state index in [1.54, 1.807) is 0 Å². The first-order valence-electron chi connectivity index (χ1n) is 13.6. The third-order valence-corrected chi connectivity index (χ3v) is 12.1. The number of rotatable bonds is 6. The van der Waals surface area contributed by atoms with Gasteiger partial charge in [0.15, 0.2) is 0 Å². The predicted octanol–water partition coefficient (Wildman–Crippen LogP) is 7.14. The van der Waals surface area contributed by atoms with Crippen molar-refractivity contribution < 1.29 is 15.0 Å². The first-order valence-corrected chi connectivity index (χ1v) is 13.9. The molecule has 0 aromatic heterocycles. The van der Waals surface area contributed by atoms with E-state index in [4.69, 9.17) is 11.6 Å². The Morgan fingerprint density at radius 3 is 2.41 bits per heavy atom. The smallest absolute Gasteiger partial charge is 0.325 e. The molecule has 10 atom stereocenters. The highest BCUT2D eigenvalue weighted by Gasteiger charge is 2.68. The van der Waals surface area contributed by atoms with Crippen LogP contribution in [-0.2, 0) is 4.79 Å². The zero-order chi connectivity index (χ0) is 23.5. The summed E-state index contributed by atoms with van der Waals surface area (Å²) < 4.78 is 0. The third-order valence-electron chi connectivity index (χ3n) is 11.4. The van der Waals surface area contributed by atoms with Crippen molar-refractivity contribution in [3.05, 3.63) is 0 Å². The van der Waals surface area contributed by atoms with E-state index in [9.17, 15) is 15.0 Å². The molecule has 3 nitrogen and oxygen atoms in total. The minimum absolute atomic E-state index is 0.192. The van der Waals surface area contributed by atoms with Crippen LogP contribution >= 0.6 is 11.6 Å². The number of alkyl halides is 1. The van der Waals surface area contributed by atoms with Gasteiger partial charge in [-0.1, -0.05) is 53.9 Å². The first-order chi connectivity index (χ1) is 14.9. The normalized spacial score (nSPS) is 49.2. The van der Waals surface area contributed by atoms with Crippen molar-refractivity contribution >= 4 is 17.6 Å². The van der Waals surface area contributed by atoms with Crippen molar-refractivity contribution in [3.8, 4) is 0 Å². The van der Waals surface area contributed by atoms with Crippen molar-refractivity contribution in [2.45, 2.75) is 116 Å². The Labute approximate surface area is 201 Å². The number of aliphatic hydroxyl groups excluding tert-OH is 1. The molecule has 0 spiro atoms. The molecule has 32 heavy (non-hydrogen) atoms. The monoisotopic (exact) mass is 466 g/mol. The van der Waals surface area contributed by atoms with Crippen LogP contribution in [0.25, 0.3) is 0 Å². The van der Waals surface area contributed by atoms with E-state index in [1.807, 2.05) is 0 Å². The number of aliphatic hydroxyl groups is 1. The topological polar surface area (TPSA) is 57.5 Å². The second kappa shape index (κ2) is 8.74. The van der Waals surface area contributed by atoms with Crippen molar-refractivity contribution in [1.29, 1.82) is 0 Å². The second-order valence-corrected chi connectivity index (χ2v) is 13.8. The van der Waals surface area contributed by atoms with Crippen LogP contribution in [0, 0.1) is 52.3 Å². The van der Waals surface area contributed by atoms with Gasteiger partial charge in [0, 0.05) is 11.8 Å². The highest BCUT2D eigenvalue weighted by Crippen LogP contribution is 2.70. The highest BCUT2D eigenvalue weighted by molar-refractivity contribution is 6.34. The summed E-state index contributed by atoms with van der Waals surface area (Å²) in [5.41, 5.74) is -0.0289. The van der Waals surface area contributed by atoms with E-state index >= 15 is 0 Å². The van der Waals surface area contributed by atoms with Gasteiger partial charge in [-0.2, -0.15) is 0 Å². The van der Waals surface area contributed by atoms with Crippen LogP contribution in [0.5, 0.6) is 0 Å². The molecule has 184 valence electrons. The summed E-state index contributed by atoms with van der Waals surface area (Å²) in [7, 11) is 0. The lowest BCUT2D eigenvalue weighted by Gasteiger charge is -2.64. The molecule has 4 aliphatic rings. The standard InChI is InChI=1S/C28H47ClO3/c1-17(2)7-6-8-18(3)22-11-12-23-21-10-9-19-15-20(30)16-28(29,25(31)32)27(19,5)24(21)13-14-26(22,23)4/h17-24,30H,6-16H2,1-5H3,(H,31,32)/t18-,19-,20+,21-,22-,23+,24+,26-,27+,28?/m1/s1. The Kier molecular flexibility index (Phi) is 6.78. The summed E-state index contributed by atoms with van der Waals surface area (Å²) in [5.74, 6) is 3.35. The molecule has 1 unspecified atom stereocenters. The molecule has 4 aliphatic carbocycles. The lowest BCUT2D eigenvalue weighted by Crippen LogP contribution is -2.65. The van der Waals surface area contributed by atoms with Gasteiger partial charge in [0.05, 0.1) is 6.10 Å². The molecule has 4 rings (SSSR count). The van der Waals surface area contributed by atoms with Crippen LogP contribution in [0.3, 0.4) is 0 Å². The molecule has 0 bridgehead atoms. The first kappa shape index (κ1) is 24.8. The zero-order valence-electron chi connectivity index (χ0n) is 21.1. The van der Waals surface area contributed by atoms with Gasteiger partial charge in [0.2, 0.25) is 0 Å². The Hall–Kier alpha value is -0.280. The average Bonchev–Trinajstić information content (AvgIpc) is 3.06. The summed E-state index contributed by atoms with van der Waals surface area (Å²) in [4.78, 5) is 11.2. The van der Waals surface area contributed by atoms with E-state index in [1.165, 1.54) is 44.9 Å². The molecule has 0 aliphatic heterocycles. The largest absolute Gasteiger partial charge is 0.480 e. The quantitative estimate of drug-likeness (QED) is 0.409. The summed E-state index contributed by atoms with van der Waals surface area (Å²) in [6.07, 6.45) is 11.5. The molecule has 0 aromatic carbocycles. The minimum Gasteiger partial charge on any atom is -0.480 e. The Morgan fingerprint density at radius 2 is 1.75 bits per heavy atom. The van der Waals surface area contributed by atoms with Gasteiger partial charge >= 0.3 is 5.97 Å². The summed E-state index contributed by atoms with van der Waals surface area (Å²) in [6, 6.07) is 0. The molecule has 2 N–H and O–H groups in total. The number of carboxylic acid groups (broad SMARTS) is 1. The third kappa shape index (κ3) is 3.67. The van der Waals surface area contributed by atoms with Gasteiger partial charge in [-0.3, -0.25) is 4.79 Å². The van der Waals surface area contributed by atoms with E-state index in [0.717, 1.165) is 37.0 Å². The van der Waals surface area contributed by atoms with Gasteiger partial charge in [0.1, 0.15) is 4.87 Å². The zero-order valence-corrected chi connectivity index (χ0v) is 21.8. The molecule has 4 saturated carbocycles. The molecule has 4 fully saturated rings. The van der Waals surface area contributed by atoms with E-state index < -0.39 is 22.4 Å². The number of aliphatic carboxylic acids is 1. The molecular weight excluding hydrogens is 420 g/mol. The van der Waals surface area contributed by atoms with Gasteiger partial charge in [-0.15, -0.1) is 11.6 Å². The van der Waals surface area contributed by atoms with Crippen LogP contribution in [0.4, 0.5) is 0 Å². The van der Waals surface area contributed by atoms with E-state index in [2.05, 4.69) is 34.6 Å². The van der Waals surface area contributed by atoms with Crippen molar-refractivity contribution in [2.24, 2.45) is 52.3 Å². The van der Waals surface area contributed by atoms with Crippen LogP contribution in [-0.4, -0.2) is 27.2 Å². The molecule has 0 amide bonds. The van der Waals surface area contributed by atoms with E-state index in [0.29, 0.717) is 23.2 Å². The molecule has 0 heterocycles. The van der Waals surface area contributed by atoms with Gasteiger partial charge < -0.3 is 10.2 Å². The number of fused-ring (bicyclic) bond motifs is 5. The van der Waals surface area contributed by atoms with E-state index in [-0.39, 0.29) is 12.3 Å². The summed E-state index contributed by atoms with van der Waals surface area (Å²) in [6.45, 7) is 11.9. The van der Waals surface area contributed by atoms with Gasteiger partial charge in [-0.25, -0.2) is 0 Å².